The van der Waals surface area contributed by atoms with Gasteiger partial charge < -0.3 is 20.1 Å². The lowest BCUT2D eigenvalue weighted by atomic mass is 10.1. The van der Waals surface area contributed by atoms with Gasteiger partial charge in [-0.25, -0.2) is 0 Å². The molecule has 1 aliphatic carbocycles. The van der Waals surface area contributed by atoms with Gasteiger partial charge in [-0.1, -0.05) is 18.9 Å². The highest BCUT2D eigenvalue weighted by Crippen LogP contribution is 2.31. The normalized spacial score (nSPS) is 14.8. The van der Waals surface area contributed by atoms with Gasteiger partial charge in [-0.15, -0.1) is 0 Å². The zero-order valence-electron chi connectivity index (χ0n) is 16.8. The summed E-state index contributed by atoms with van der Waals surface area (Å²) < 4.78 is 11.2. The van der Waals surface area contributed by atoms with Crippen molar-refractivity contribution >= 4 is 17.5 Å². The highest BCUT2D eigenvalue weighted by molar-refractivity contribution is 5.97. The predicted molar refractivity (Wildman–Crippen MR) is 110 cm³/mol. The van der Waals surface area contributed by atoms with Crippen LogP contribution in [0.5, 0.6) is 11.5 Å². The number of ether oxygens (including phenoxy) is 2. The number of aromatic nitrogens is 1. The van der Waals surface area contributed by atoms with Crippen molar-refractivity contribution in [3.8, 4) is 11.5 Å². The molecule has 2 N–H and O–H groups in total. The molecule has 2 amide bonds. The maximum atomic E-state index is 12.5. The van der Waals surface area contributed by atoms with Gasteiger partial charge in [0.05, 0.1) is 7.11 Å². The average molecular weight is 397 g/mol. The first-order chi connectivity index (χ1) is 14.1. The number of nitrogens with zero attached hydrogens (tertiary/aromatic N) is 1. The van der Waals surface area contributed by atoms with E-state index in [1.807, 2.05) is 12.1 Å². The van der Waals surface area contributed by atoms with Gasteiger partial charge in [0.2, 0.25) is 11.8 Å². The molecule has 1 heterocycles. The molecular formula is C22H27N3O4. The van der Waals surface area contributed by atoms with E-state index in [1.165, 1.54) is 0 Å². The van der Waals surface area contributed by atoms with Crippen LogP contribution in [-0.4, -0.2) is 29.9 Å². The fourth-order valence-electron chi connectivity index (χ4n) is 3.35. The van der Waals surface area contributed by atoms with Crippen LogP contribution in [0, 0.1) is 5.92 Å². The quantitative estimate of drug-likeness (QED) is 0.713. The third kappa shape index (κ3) is 5.70. The fourth-order valence-corrected chi connectivity index (χ4v) is 3.35. The van der Waals surface area contributed by atoms with Gasteiger partial charge in [0, 0.05) is 35.6 Å². The number of carbonyl (C=O) groups is 2. The Balaban J connectivity index is 1.60. The van der Waals surface area contributed by atoms with Gasteiger partial charge in [-0.2, -0.15) is 0 Å². The van der Waals surface area contributed by atoms with Crippen LogP contribution in [0.2, 0.25) is 0 Å². The smallest absolute Gasteiger partial charge is 0.246 e. The molecule has 0 bridgehead atoms. The second-order valence-electron chi connectivity index (χ2n) is 7.22. The van der Waals surface area contributed by atoms with E-state index in [2.05, 4.69) is 15.6 Å². The Kier molecular flexibility index (Phi) is 7.05. The number of benzene rings is 1. The van der Waals surface area contributed by atoms with E-state index in [9.17, 15) is 9.59 Å². The molecule has 1 saturated carbocycles. The van der Waals surface area contributed by atoms with Gasteiger partial charge in [0.1, 0.15) is 12.6 Å². The molecule has 0 spiro atoms. The monoisotopic (exact) mass is 397 g/mol. The minimum atomic E-state index is -0.620. The molecule has 154 valence electrons. The van der Waals surface area contributed by atoms with Gasteiger partial charge in [0.15, 0.2) is 11.5 Å². The topological polar surface area (TPSA) is 89.6 Å². The first-order valence-electron chi connectivity index (χ1n) is 9.88. The van der Waals surface area contributed by atoms with Crippen LogP contribution in [0.15, 0.2) is 42.7 Å². The summed E-state index contributed by atoms with van der Waals surface area (Å²) in [7, 11) is 1.56. The van der Waals surface area contributed by atoms with Crippen molar-refractivity contribution in [3.63, 3.8) is 0 Å². The van der Waals surface area contributed by atoms with Gasteiger partial charge in [0.25, 0.3) is 0 Å². The molecule has 0 unspecified atom stereocenters. The fraction of sp³-hybridized carbons (Fsp3) is 0.409. The summed E-state index contributed by atoms with van der Waals surface area (Å²) in [6.45, 7) is 2.01. The van der Waals surface area contributed by atoms with Crippen LogP contribution in [0.3, 0.4) is 0 Å². The number of carbonyl (C=O) groups excluding carboxylic acids is 2. The number of rotatable bonds is 8. The third-order valence-corrected chi connectivity index (χ3v) is 5.03. The number of nitrogens with one attached hydrogen (secondary N) is 2. The lowest BCUT2D eigenvalue weighted by Crippen LogP contribution is -2.43. The van der Waals surface area contributed by atoms with Gasteiger partial charge in [-0.3, -0.25) is 14.6 Å². The molecule has 3 rings (SSSR count). The van der Waals surface area contributed by atoms with Crippen LogP contribution in [0.25, 0.3) is 0 Å². The van der Waals surface area contributed by atoms with E-state index in [4.69, 9.17) is 9.47 Å². The number of hydrogen-bond donors (Lipinski definition) is 2. The SMILES string of the molecule is COc1ccc(NC(=O)[C@@H](C)NC(=O)C2CCCC2)cc1OCc1cccnc1. The maximum absolute atomic E-state index is 12.5. The molecule has 1 atom stereocenters. The van der Waals surface area contributed by atoms with Crippen molar-refractivity contribution < 1.29 is 19.1 Å². The predicted octanol–water partition coefficient (Wildman–Crippen LogP) is 3.30. The van der Waals surface area contributed by atoms with E-state index in [1.54, 1.807) is 44.6 Å². The van der Waals surface area contributed by atoms with Crippen molar-refractivity contribution in [3.05, 3.63) is 48.3 Å². The highest BCUT2D eigenvalue weighted by Gasteiger charge is 2.25. The number of hydrogen-bond acceptors (Lipinski definition) is 5. The second-order valence-corrected chi connectivity index (χ2v) is 7.22. The summed E-state index contributed by atoms with van der Waals surface area (Å²) in [4.78, 5) is 28.8. The number of amides is 2. The van der Waals surface area contributed by atoms with Crippen LogP contribution in [-0.2, 0) is 16.2 Å². The summed E-state index contributed by atoms with van der Waals surface area (Å²) in [6.07, 6.45) is 7.38. The average Bonchev–Trinajstić information content (AvgIpc) is 3.28. The largest absolute Gasteiger partial charge is 0.493 e. The summed E-state index contributed by atoms with van der Waals surface area (Å²) >= 11 is 0. The number of pyridine rings is 1. The standard InChI is InChI=1S/C22H27N3O4/c1-15(24-22(27)17-7-3-4-8-17)21(26)25-18-9-10-19(28-2)20(12-18)29-14-16-6-5-11-23-13-16/h5-6,9-13,15,17H,3-4,7-8,14H2,1-2H3,(H,24,27)(H,25,26)/t15-/m1/s1. The Morgan fingerprint density at radius 1 is 1.21 bits per heavy atom. The number of anilines is 1. The zero-order valence-corrected chi connectivity index (χ0v) is 16.8. The molecule has 0 radical (unpaired) electrons. The molecule has 29 heavy (non-hydrogen) atoms. The summed E-state index contributed by atoms with van der Waals surface area (Å²) in [5.41, 5.74) is 1.49. The van der Waals surface area contributed by atoms with Crippen LogP contribution in [0.4, 0.5) is 5.69 Å². The Morgan fingerprint density at radius 2 is 2.00 bits per heavy atom. The van der Waals surface area contributed by atoms with Crippen molar-refractivity contribution in [2.24, 2.45) is 5.92 Å². The molecule has 1 aromatic heterocycles. The third-order valence-electron chi connectivity index (χ3n) is 5.03. The minimum Gasteiger partial charge on any atom is -0.493 e. The molecule has 0 saturated heterocycles. The molecule has 1 aromatic carbocycles. The maximum Gasteiger partial charge on any atom is 0.246 e. The molecule has 7 nitrogen and oxygen atoms in total. The Bertz CT molecular complexity index is 835. The lowest BCUT2D eigenvalue weighted by molar-refractivity contribution is -0.128. The van der Waals surface area contributed by atoms with E-state index >= 15 is 0 Å². The first kappa shape index (κ1) is 20.6. The summed E-state index contributed by atoms with van der Waals surface area (Å²) in [5.74, 6) is 0.782. The molecule has 0 aliphatic heterocycles. The molecule has 2 aromatic rings. The van der Waals surface area contributed by atoms with Crippen molar-refractivity contribution in [2.75, 3.05) is 12.4 Å². The van der Waals surface area contributed by atoms with Crippen LogP contribution in [0.1, 0.15) is 38.2 Å². The highest BCUT2D eigenvalue weighted by atomic mass is 16.5. The Hall–Kier alpha value is -3.09. The number of methoxy groups -OCH3 is 1. The van der Waals surface area contributed by atoms with E-state index < -0.39 is 6.04 Å². The minimum absolute atomic E-state index is 0.0266. The van der Waals surface area contributed by atoms with E-state index in [0.717, 1.165) is 31.2 Å². The molecule has 1 aliphatic rings. The first-order valence-corrected chi connectivity index (χ1v) is 9.88. The van der Waals surface area contributed by atoms with Crippen molar-refractivity contribution in [1.82, 2.24) is 10.3 Å². The Labute approximate surface area is 170 Å². The molecule has 7 heteroatoms. The second kappa shape index (κ2) is 9.91. The zero-order chi connectivity index (χ0) is 20.6. The van der Waals surface area contributed by atoms with Crippen molar-refractivity contribution in [1.29, 1.82) is 0 Å². The van der Waals surface area contributed by atoms with Crippen LogP contribution < -0.4 is 20.1 Å². The van der Waals surface area contributed by atoms with Gasteiger partial charge in [-0.05, 0) is 38.0 Å². The summed E-state index contributed by atoms with van der Waals surface area (Å²) in [6, 6.07) is 8.31. The van der Waals surface area contributed by atoms with Gasteiger partial charge >= 0.3 is 0 Å². The van der Waals surface area contributed by atoms with E-state index in [0.29, 0.717) is 23.8 Å². The lowest BCUT2D eigenvalue weighted by Gasteiger charge is -2.17. The van der Waals surface area contributed by atoms with Crippen LogP contribution >= 0.6 is 0 Å². The van der Waals surface area contributed by atoms with Crippen molar-refractivity contribution in [2.45, 2.75) is 45.3 Å². The molecule has 1 fully saturated rings. The summed E-state index contributed by atoms with van der Waals surface area (Å²) in [5, 5.41) is 5.64. The van der Waals surface area contributed by atoms with E-state index in [-0.39, 0.29) is 17.7 Å². The Morgan fingerprint density at radius 3 is 2.69 bits per heavy atom. The molecular weight excluding hydrogens is 370 g/mol.